The lowest BCUT2D eigenvalue weighted by molar-refractivity contribution is -0.132. The number of benzene rings is 1. The fourth-order valence-electron chi connectivity index (χ4n) is 3.29. The average molecular weight is 327 g/mol. The van der Waals surface area contributed by atoms with Crippen LogP contribution >= 0.6 is 0 Å². The minimum absolute atomic E-state index is 0.200. The fraction of sp³-hybridized carbons (Fsp3) is 0.500. The highest BCUT2D eigenvalue weighted by Crippen LogP contribution is 2.23. The summed E-state index contributed by atoms with van der Waals surface area (Å²) in [5, 5.41) is 6.53. The molecule has 1 saturated heterocycles. The molecule has 2 heterocycles. The molecule has 0 saturated carbocycles. The van der Waals surface area contributed by atoms with Crippen LogP contribution in [0.1, 0.15) is 37.1 Å². The van der Waals surface area contributed by atoms with Crippen molar-refractivity contribution in [1.82, 2.24) is 20.1 Å². The number of aromatic nitrogens is 3. The van der Waals surface area contributed by atoms with Crippen LogP contribution in [0, 0.1) is 5.92 Å². The van der Waals surface area contributed by atoms with Crippen LogP contribution in [0.4, 0.5) is 5.95 Å². The van der Waals surface area contributed by atoms with Crippen molar-refractivity contribution in [2.24, 2.45) is 5.92 Å². The molecule has 1 fully saturated rings. The van der Waals surface area contributed by atoms with Crippen molar-refractivity contribution in [3.8, 4) is 0 Å². The van der Waals surface area contributed by atoms with Gasteiger partial charge in [0.25, 0.3) is 0 Å². The Bertz CT molecular complexity index is 646. The predicted molar refractivity (Wildman–Crippen MR) is 93.2 cm³/mol. The van der Waals surface area contributed by atoms with Crippen LogP contribution in [0.5, 0.6) is 0 Å². The topological polar surface area (TPSA) is 87.9 Å². The Morgan fingerprint density at radius 3 is 2.62 bits per heavy atom. The van der Waals surface area contributed by atoms with Gasteiger partial charge in [0.1, 0.15) is 5.82 Å². The van der Waals surface area contributed by atoms with E-state index in [0.29, 0.717) is 18.7 Å². The molecule has 0 aliphatic carbocycles. The molecule has 2 aromatic rings. The van der Waals surface area contributed by atoms with Gasteiger partial charge >= 0.3 is 0 Å². The monoisotopic (exact) mass is 327 g/mol. The molecule has 6 heteroatoms. The number of H-pyrrole nitrogens is 1. The molecule has 0 unspecified atom stereocenters. The number of hydrogen-bond acceptors (Lipinski definition) is 4. The number of rotatable bonds is 6. The van der Waals surface area contributed by atoms with Crippen LogP contribution in [0.2, 0.25) is 0 Å². The van der Waals surface area contributed by atoms with Gasteiger partial charge in [-0.1, -0.05) is 30.3 Å². The summed E-state index contributed by atoms with van der Waals surface area (Å²) >= 11 is 0. The Hall–Kier alpha value is -2.37. The molecule has 0 spiro atoms. The van der Waals surface area contributed by atoms with Gasteiger partial charge in [-0.05, 0) is 37.2 Å². The van der Waals surface area contributed by atoms with E-state index in [2.05, 4.69) is 45.5 Å². The lowest BCUT2D eigenvalue weighted by Gasteiger charge is -2.32. The van der Waals surface area contributed by atoms with Crippen LogP contribution in [-0.2, 0) is 17.6 Å². The van der Waals surface area contributed by atoms with Crippen LogP contribution in [0.25, 0.3) is 0 Å². The number of likely N-dealkylation sites (tertiary alicyclic amines) is 1. The SMILES string of the molecule is Nc1n[nH]c(CCC(=O)N2CCC(CCc3ccccc3)CC2)n1. The summed E-state index contributed by atoms with van der Waals surface area (Å²) in [6.07, 6.45) is 5.58. The van der Waals surface area contributed by atoms with Crippen LogP contribution in [-0.4, -0.2) is 39.1 Å². The molecule has 1 amide bonds. The molecule has 1 aromatic carbocycles. The Labute approximate surface area is 142 Å². The van der Waals surface area contributed by atoms with Gasteiger partial charge in [-0.25, -0.2) is 0 Å². The lowest BCUT2D eigenvalue weighted by atomic mass is 9.90. The number of nitrogens with zero attached hydrogens (tertiary/aromatic N) is 3. The average Bonchev–Trinajstić information content (AvgIpc) is 3.04. The first-order valence-corrected chi connectivity index (χ1v) is 8.69. The second kappa shape index (κ2) is 7.95. The van der Waals surface area contributed by atoms with Crippen molar-refractivity contribution in [2.45, 2.75) is 38.5 Å². The number of aromatic amines is 1. The third kappa shape index (κ3) is 4.57. The maximum atomic E-state index is 12.3. The minimum Gasteiger partial charge on any atom is -0.367 e. The first-order valence-electron chi connectivity index (χ1n) is 8.69. The highest BCUT2D eigenvalue weighted by atomic mass is 16.2. The van der Waals surface area contributed by atoms with Gasteiger partial charge < -0.3 is 10.6 Å². The molecule has 0 radical (unpaired) electrons. The van der Waals surface area contributed by atoms with Crippen molar-refractivity contribution in [3.63, 3.8) is 0 Å². The summed E-state index contributed by atoms with van der Waals surface area (Å²) in [4.78, 5) is 18.3. The molecular formula is C18H25N5O. The predicted octanol–water partition coefficient (Wildman–Crippen LogP) is 2.19. The summed E-state index contributed by atoms with van der Waals surface area (Å²) in [5.41, 5.74) is 6.87. The fourth-order valence-corrected chi connectivity index (χ4v) is 3.29. The van der Waals surface area contributed by atoms with Crippen molar-refractivity contribution < 1.29 is 4.79 Å². The standard InChI is InChI=1S/C18H25N5O/c19-18-20-16(21-22-18)8-9-17(24)23-12-10-15(11-13-23)7-6-14-4-2-1-3-5-14/h1-5,15H,6-13H2,(H3,19,20,21,22). The van der Waals surface area contributed by atoms with Gasteiger partial charge in [0, 0.05) is 25.9 Å². The molecule has 3 rings (SSSR count). The Morgan fingerprint density at radius 2 is 1.96 bits per heavy atom. The lowest BCUT2D eigenvalue weighted by Crippen LogP contribution is -2.38. The number of nitrogens with two attached hydrogens (primary N) is 1. The molecular weight excluding hydrogens is 302 g/mol. The number of nitrogens with one attached hydrogen (secondary N) is 1. The summed E-state index contributed by atoms with van der Waals surface area (Å²) < 4.78 is 0. The number of nitrogen functional groups attached to an aromatic ring is 1. The van der Waals surface area contributed by atoms with Gasteiger partial charge in [-0.3, -0.25) is 9.89 Å². The quantitative estimate of drug-likeness (QED) is 0.851. The zero-order valence-corrected chi connectivity index (χ0v) is 13.9. The van der Waals surface area contributed by atoms with E-state index in [9.17, 15) is 4.79 Å². The summed E-state index contributed by atoms with van der Waals surface area (Å²) in [7, 11) is 0. The van der Waals surface area contributed by atoms with Gasteiger partial charge in [-0.2, -0.15) is 4.98 Å². The van der Waals surface area contributed by atoms with Gasteiger partial charge in [0.05, 0.1) is 0 Å². The van der Waals surface area contributed by atoms with E-state index in [0.717, 1.165) is 38.3 Å². The maximum Gasteiger partial charge on any atom is 0.239 e. The van der Waals surface area contributed by atoms with E-state index in [1.807, 2.05) is 4.90 Å². The molecule has 6 nitrogen and oxygen atoms in total. The number of aryl methyl sites for hydroxylation is 2. The molecule has 1 aliphatic rings. The second-order valence-corrected chi connectivity index (χ2v) is 6.49. The molecule has 1 aliphatic heterocycles. The van der Waals surface area contributed by atoms with Crippen LogP contribution < -0.4 is 5.73 Å². The van der Waals surface area contributed by atoms with Crippen molar-refractivity contribution in [1.29, 1.82) is 0 Å². The highest BCUT2D eigenvalue weighted by Gasteiger charge is 2.22. The Balaban J connectivity index is 1.37. The molecule has 3 N–H and O–H groups in total. The molecule has 0 atom stereocenters. The second-order valence-electron chi connectivity index (χ2n) is 6.49. The third-order valence-electron chi connectivity index (χ3n) is 4.78. The zero-order chi connectivity index (χ0) is 16.8. The molecule has 0 bridgehead atoms. The number of amides is 1. The summed E-state index contributed by atoms with van der Waals surface area (Å²) in [6, 6.07) is 10.6. The smallest absolute Gasteiger partial charge is 0.239 e. The summed E-state index contributed by atoms with van der Waals surface area (Å²) in [5.74, 6) is 1.84. The van der Waals surface area contributed by atoms with Crippen molar-refractivity contribution >= 4 is 11.9 Å². The Kier molecular flexibility index (Phi) is 5.46. The normalized spacial score (nSPS) is 15.6. The van der Waals surface area contributed by atoms with E-state index in [4.69, 9.17) is 5.73 Å². The van der Waals surface area contributed by atoms with Crippen LogP contribution in [0.3, 0.4) is 0 Å². The Morgan fingerprint density at radius 1 is 1.21 bits per heavy atom. The number of anilines is 1. The van der Waals surface area contributed by atoms with Gasteiger partial charge in [0.15, 0.2) is 0 Å². The van der Waals surface area contributed by atoms with E-state index in [1.54, 1.807) is 0 Å². The maximum absolute atomic E-state index is 12.3. The van der Waals surface area contributed by atoms with Gasteiger partial charge in [-0.15, -0.1) is 5.10 Å². The first kappa shape index (κ1) is 16.5. The number of hydrogen-bond donors (Lipinski definition) is 2. The zero-order valence-electron chi connectivity index (χ0n) is 13.9. The van der Waals surface area contributed by atoms with Crippen LogP contribution in [0.15, 0.2) is 30.3 Å². The first-order chi connectivity index (χ1) is 11.7. The minimum atomic E-state index is 0.200. The molecule has 128 valence electrons. The number of carbonyl (C=O) groups is 1. The summed E-state index contributed by atoms with van der Waals surface area (Å²) in [6.45, 7) is 1.74. The number of carbonyl (C=O) groups excluding carboxylic acids is 1. The van der Waals surface area contributed by atoms with Crippen molar-refractivity contribution in [3.05, 3.63) is 41.7 Å². The van der Waals surface area contributed by atoms with E-state index >= 15 is 0 Å². The third-order valence-corrected chi connectivity index (χ3v) is 4.78. The molecule has 24 heavy (non-hydrogen) atoms. The van der Waals surface area contributed by atoms with E-state index in [1.165, 1.54) is 12.0 Å². The van der Waals surface area contributed by atoms with Gasteiger partial charge in [0.2, 0.25) is 11.9 Å². The highest BCUT2D eigenvalue weighted by molar-refractivity contribution is 5.76. The largest absolute Gasteiger partial charge is 0.367 e. The van der Waals surface area contributed by atoms with E-state index < -0.39 is 0 Å². The van der Waals surface area contributed by atoms with E-state index in [-0.39, 0.29) is 11.9 Å². The molecule has 1 aromatic heterocycles. The van der Waals surface area contributed by atoms with Crippen molar-refractivity contribution in [2.75, 3.05) is 18.8 Å². The number of piperidine rings is 1.